The molecular weight excluding hydrogens is 388 g/mol. The summed E-state index contributed by atoms with van der Waals surface area (Å²) in [4.78, 5) is 18.9. The molecule has 128 valence electrons. The number of benzene rings is 1. The zero-order valence-corrected chi connectivity index (χ0v) is 16.1. The van der Waals surface area contributed by atoms with E-state index in [1.165, 1.54) is 0 Å². The highest BCUT2D eigenvalue weighted by molar-refractivity contribution is 9.10. The molecule has 3 rings (SSSR count). The number of carbonyl (C=O) groups excluding carboxylic acids is 1. The zero-order valence-electron chi connectivity index (χ0n) is 13.7. The van der Waals surface area contributed by atoms with Crippen molar-refractivity contribution in [2.24, 2.45) is 5.92 Å². The molecule has 1 fully saturated rings. The molecule has 0 aliphatic carbocycles. The van der Waals surface area contributed by atoms with E-state index in [-0.39, 0.29) is 11.9 Å². The number of nitrogens with zero attached hydrogens (tertiary/aromatic N) is 2. The van der Waals surface area contributed by atoms with Gasteiger partial charge in [0, 0.05) is 22.0 Å². The molecule has 4 nitrogen and oxygen atoms in total. The summed E-state index contributed by atoms with van der Waals surface area (Å²) in [5.74, 6) is 0.0246. The van der Waals surface area contributed by atoms with Gasteiger partial charge in [0.2, 0.25) is 0 Å². The molecule has 1 aromatic heterocycles. The van der Waals surface area contributed by atoms with Gasteiger partial charge in [-0.05, 0) is 45.0 Å². The van der Waals surface area contributed by atoms with Crippen molar-refractivity contribution in [3.8, 4) is 10.6 Å². The summed E-state index contributed by atoms with van der Waals surface area (Å²) < 4.78 is 6.19. The lowest BCUT2D eigenvalue weighted by Gasteiger charge is -2.30. The SMILES string of the molecule is CCOC(=O)C1CCN(Cc2csc(-c3cccc(Br)c3)n2)CC1. The molecule has 0 radical (unpaired) electrons. The van der Waals surface area contributed by atoms with Crippen molar-refractivity contribution in [3.05, 3.63) is 39.8 Å². The van der Waals surface area contributed by atoms with Crippen LogP contribution in [0.4, 0.5) is 0 Å². The van der Waals surface area contributed by atoms with E-state index in [9.17, 15) is 4.79 Å². The Morgan fingerprint density at radius 3 is 2.92 bits per heavy atom. The summed E-state index contributed by atoms with van der Waals surface area (Å²) in [5.41, 5.74) is 2.24. The van der Waals surface area contributed by atoms with E-state index < -0.39 is 0 Å². The summed E-state index contributed by atoms with van der Waals surface area (Å²) in [5, 5.41) is 3.18. The van der Waals surface area contributed by atoms with Crippen LogP contribution in [-0.2, 0) is 16.1 Å². The minimum Gasteiger partial charge on any atom is -0.466 e. The van der Waals surface area contributed by atoms with E-state index in [1.807, 2.05) is 19.1 Å². The predicted molar refractivity (Wildman–Crippen MR) is 99.9 cm³/mol. The van der Waals surface area contributed by atoms with Crippen LogP contribution in [0.5, 0.6) is 0 Å². The Kier molecular flexibility index (Phi) is 6.03. The lowest BCUT2D eigenvalue weighted by Crippen LogP contribution is -2.36. The van der Waals surface area contributed by atoms with Crippen molar-refractivity contribution in [1.29, 1.82) is 0 Å². The van der Waals surface area contributed by atoms with Crippen LogP contribution < -0.4 is 0 Å². The first-order chi connectivity index (χ1) is 11.7. The van der Waals surface area contributed by atoms with Gasteiger partial charge >= 0.3 is 5.97 Å². The van der Waals surface area contributed by atoms with Gasteiger partial charge in [0.25, 0.3) is 0 Å². The van der Waals surface area contributed by atoms with Gasteiger partial charge in [-0.25, -0.2) is 4.98 Å². The maximum Gasteiger partial charge on any atom is 0.309 e. The second kappa shape index (κ2) is 8.23. The van der Waals surface area contributed by atoms with E-state index in [4.69, 9.17) is 9.72 Å². The number of rotatable bonds is 5. The average molecular weight is 409 g/mol. The van der Waals surface area contributed by atoms with E-state index in [0.29, 0.717) is 6.61 Å². The molecule has 6 heteroatoms. The van der Waals surface area contributed by atoms with E-state index >= 15 is 0 Å². The number of halogens is 1. The van der Waals surface area contributed by atoms with Gasteiger partial charge in [-0.2, -0.15) is 0 Å². The van der Waals surface area contributed by atoms with Crippen molar-refractivity contribution >= 4 is 33.2 Å². The fraction of sp³-hybridized carbons (Fsp3) is 0.444. The number of carbonyl (C=O) groups is 1. The molecule has 0 atom stereocenters. The number of thiazole rings is 1. The number of hydrogen-bond donors (Lipinski definition) is 0. The molecule has 0 amide bonds. The van der Waals surface area contributed by atoms with Crippen LogP contribution in [0.2, 0.25) is 0 Å². The Morgan fingerprint density at radius 1 is 1.42 bits per heavy atom. The van der Waals surface area contributed by atoms with Crippen molar-refractivity contribution in [1.82, 2.24) is 9.88 Å². The lowest BCUT2D eigenvalue weighted by atomic mass is 9.97. The quantitative estimate of drug-likeness (QED) is 0.689. The number of aromatic nitrogens is 1. The van der Waals surface area contributed by atoms with Crippen molar-refractivity contribution in [3.63, 3.8) is 0 Å². The van der Waals surface area contributed by atoms with Gasteiger partial charge < -0.3 is 4.74 Å². The molecule has 2 heterocycles. The minimum absolute atomic E-state index is 0.0391. The normalized spacial score (nSPS) is 16.2. The second-order valence-electron chi connectivity index (χ2n) is 5.96. The number of ether oxygens (including phenoxy) is 1. The van der Waals surface area contributed by atoms with Crippen molar-refractivity contribution < 1.29 is 9.53 Å². The van der Waals surface area contributed by atoms with Crippen LogP contribution in [0.15, 0.2) is 34.1 Å². The van der Waals surface area contributed by atoms with E-state index in [0.717, 1.165) is 53.2 Å². The minimum atomic E-state index is -0.0391. The standard InChI is InChI=1S/C18H21BrN2O2S/c1-2-23-18(22)13-6-8-21(9-7-13)11-16-12-24-17(20-16)14-4-3-5-15(19)10-14/h3-5,10,12-13H,2,6-9,11H2,1H3. The van der Waals surface area contributed by atoms with Crippen LogP contribution in [0.1, 0.15) is 25.5 Å². The second-order valence-corrected chi connectivity index (χ2v) is 7.73. The number of esters is 1. The monoisotopic (exact) mass is 408 g/mol. The van der Waals surface area contributed by atoms with Crippen LogP contribution in [0.3, 0.4) is 0 Å². The largest absolute Gasteiger partial charge is 0.466 e. The fourth-order valence-corrected chi connectivity index (χ4v) is 4.16. The number of hydrogen-bond acceptors (Lipinski definition) is 5. The molecule has 0 bridgehead atoms. The van der Waals surface area contributed by atoms with Crippen LogP contribution >= 0.6 is 27.3 Å². The highest BCUT2D eigenvalue weighted by Crippen LogP contribution is 2.27. The fourth-order valence-electron chi connectivity index (χ4n) is 2.95. The first-order valence-electron chi connectivity index (χ1n) is 8.25. The third kappa shape index (κ3) is 4.43. The first kappa shape index (κ1) is 17.6. The highest BCUT2D eigenvalue weighted by Gasteiger charge is 2.26. The van der Waals surface area contributed by atoms with Gasteiger partial charge in [0.15, 0.2) is 0 Å². The predicted octanol–water partition coefficient (Wildman–Crippen LogP) is 4.35. The van der Waals surface area contributed by atoms with E-state index in [1.54, 1.807) is 11.3 Å². The van der Waals surface area contributed by atoms with Gasteiger partial charge in [-0.15, -0.1) is 11.3 Å². The molecule has 0 N–H and O–H groups in total. The van der Waals surface area contributed by atoms with Gasteiger partial charge in [0.05, 0.1) is 18.2 Å². The molecule has 2 aromatic rings. The van der Waals surface area contributed by atoms with Crippen LogP contribution in [0, 0.1) is 5.92 Å². The van der Waals surface area contributed by atoms with Gasteiger partial charge in [-0.1, -0.05) is 28.1 Å². The first-order valence-corrected chi connectivity index (χ1v) is 9.92. The summed E-state index contributed by atoms with van der Waals surface area (Å²) in [7, 11) is 0. The number of likely N-dealkylation sites (tertiary alicyclic amines) is 1. The van der Waals surface area contributed by atoms with Crippen molar-refractivity contribution in [2.75, 3.05) is 19.7 Å². The molecule has 1 saturated heterocycles. The maximum absolute atomic E-state index is 11.8. The van der Waals surface area contributed by atoms with Crippen LogP contribution in [0.25, 0.3) is 10.6 Å². The van der Waals surface area contributed by atoms with Gasteiger partial charge in [0.1, 0.15) is 5.01 Å². The molecule has 0 unspecified atom stereocenters. The zero-order chi connectivity index (χ0) is 16.9. The average Bonchev–Trinajstić information content (AvgIpc) is 3.04. The molecule has 1 aliphatic rings. The third-order valence-corrected chi connectivity index (χ3v) is 5.65. The summed E-state index contributed by atoms with van der Waals surface area (Å²) in [6.45, 7) is 5.02. The van der Waals surface area contributed by atoms with E-state index in [2.05, 4.69) is 38.3 Å². The molecular formula is C18H21BrN2O2S. The molecule has 0 spiro atoms. The third-order valence-electron chi connectivity index (χ3n) is 4.22. The van der Waals surface area contributed by atoms with Crippen molar-refractivity contribution in [2.45, 2.75) is 26.3 Å². The topological polar surface area (TPSA) is 42.4 Å². The lowest BCUT2D eigenvalue weighted by molar-refractivity contribution is -0.149. The molecule has 1 aromatic carbocycles. The maximum atomic E-state index is 11.8. The smallest absolute Gasteiger partial charge is 0.309 e. The summed E-state index contributed by atoms with van der Waals surface area (Å²) >= 11 is 5.18. The molecule has 0 saturated carbocycles. The Bertz CT molecular complexity index is 696. The number of piperidine rings is 1. The summed E-state index contributed by atoms with van der Waals surface area (Å²) in [6, 6.07) is 8.22. The Morgan fingerprint density at radius 2 is 2.21 bits per heavy atom. The highest BCUT2D eigenvalue weighted by atomic mass is 79.9. The molecule has 1 aliphatic heterocycles. The van der Waals surface area contributed by atoms with Gasteiger partial charge in [-0.3, -0.25) is 9.69 Å². The van der Waals surface area contributed by atoms with Crippen LogP contribution in [-0.4, -0.2) is 35.5 Å². The Balaban J connectivity index is 1.56. The summed E-state index contributed by atoms with van der Waals surface area (Å²) in [6.07, 6.45) is 1.75. The Labute approximate surface area is 155 Å². The Hall–Kier alpha value is -1.24. The molecule has 24 heavy (non-hydrogen) atoms.